The van der Waals surface area contributed by atoms with Crippen LogP contribution in [0.15, 0.2) is 24.3 Å². The van der Waals surface area contributed by atoms with E-state index in [1.807, 2.05) is 0 Å². The van der Waals surface area contributed by atoms with Gasteiger partial charge in [-0.3, -0.25) is 9.59 Å². The number of unbranched alkanes of at least 4 members (excludes halogenated alkanes) is 2. The van der Waals surface area contributed by atoms with Crippen molar-refractivity contribution in [3.8, 4) is 0 Å². The lowest BCUT2D eigenvalue weighted by Gasteiger charge is -2.05. The first-order valence-corrected chi connectivity index (χ1v) is 6.89. The maximum atomic E-state index is 11.8. The van der Waals surface area contributed by atoms with Crippen LogP contribution in [0.3, 0.4) is 0 Å². The van der Waals surface area contributed by atoms with Gasteiger partial charge in [0.25, 0.3) is 5.91 Å². The van der Waals surface area contributed by atoms with E-state index in [0.29, 0.717) is 24.1 Å². The molecule has 4 nitrogen and oxygen atoms in total. The van der Waals surface area contributed by atoms with Gasteiger partial charge >= 0.3 is 0 Å². The van der Waals surface area contributed by atoms with Crippen LogP contribution in [0.25, 0.3) is 0 Å². The molecule has 0 unspecified atom stereocenters. The maximum absolute atomic E-state index is 11.8. The zero-order valence-electron chi connectivity index (χ0n) is 12.1. The van der Waals surface area contributed by atoms with Crippen LogP contribution in [-0.2, 0) is 4.79 Å². The van der Waals surface area contributed by atoms with Crippen LogP contribution in [0.1, 0.15) is 60.2 Å². The van der Waals surface area contributed by atoms with Crippen molar-refractivity contribution >= 4 is 17.5 Å². The molecular weight excluding hydrogens is 254 g/mol. The highest BCUT2D eigenvalue weighted by molar-refractivity contribution is 5.97. The van der Waals surface area contributed by atoms with Gasteiger partial charge in [-0.1, -0.05) is 18.6 Å². The fourth-order valence-electron chi connectivity index (χ4n) is 1.84. The minimum absolute atomic E-state index is 0.0116. The molecule has 0 heterocycles. The molecule has 1 amide bonds. The van der Waals surface area contributed by atoms with Crippen molar-refractivity contribution in [3.05, 3.63) is 35.4 Å². The Balaban J connectivity index is 2.29. The molecule has 1 aromatic carbocycles. The maximum Gasteiger partial charge on any atom is 0.251 e. The van der Waals surface area contributed by atoms with Gasteiger partial charge in [-0.05, 0) is 38.8 Å². The molecule has 0 aromatic heterocycles. The van der Waals surface area contributed by atoms with Crippen molar-refractivity contribution in [2.75, 3.05) is 6.54 Å². The van der Waals surface area contributed by atoms with E-state index in [2.05, 4.69) is 5.32 Å². The molecule has 0 fully saturated rings. The fourth-order valence-corrected chi connectivity index (χ4v) is 1.84. The molecule has 0 spiro atoms. The first-order valence-electron chi connectivity index (χ1n) is 6.89. The molecule has 1 N–H and O–H groups in total. The Labute approximate surface area is 119 Å². The molecule has 20 heavy (non-hydrogen) atoms. The van der Waals surface area contributed by atoms with Crippen molar-refractivity contribution < 1.29 is 14.4 Å². The number of nitrogens with one attached hydrogen (secondary N) is 1. The number of benzene rings is 1. The average Bonchev–Trinajstić information content (AvgIpc) is 2.42. The minimum Gasteiger partial charge on any atom is -0.352 e. The van der Waals surface area contributed by atoms with Gasteiger partial charge in [0.05, 0.1) is 0 Å². The highest BCUT2D eigenvalue weighted by atomic mass is 16.1. The lowest BCUT2D eigenvalue weighted by molar-refractivity contribution is -0.117. The Morgan fingerprint density at radius 3 is 2.05 bits per heavy atom. The molecule has 0 aliphatic rings. The summed E-state index contributed by atoms with van der Waals surface area (Å²) in [6.45, 7) is 3.69. The Morgan fingerprint density at radius 2 is 1.50 bits per heavy atom. The van der Waals surface area contributed by atoms with Crippen molar-refractivity contribution in [1.29, 1.82) is 0 Å². The number of amides is 1. The largest absolute Gasteiger partial charge is 0.352 e. The summed E-state index contributed by atoms with van der Waals surface area (Å²) in [7, 11) is 0. The van der Waals surface area contributed by atoms with Crippen LogP contribution in [0.5, 0.6) is 0 Å². The van der Waals surface area contributed by atoms with E-state index in [1.54, 1.807) is 31.2 Å². The van der Waals surface area contributed by atoms with Crippen molar-refractivity contribution in [3.63, 3.8) is 0 Å². The van der Waals surface area contributed by atoms with Gasteiger partial charge in [0.2, 0.25) is 0 Å². The van der Waals surface area contributed by atoms with E-state index in [0.717, 1.165) is 19.3 Å². The number of hydrogen-bond acceptors (Lipinski definition) is 3. The van der Waals surface area contributed by atoms with Gasteiger partial charge in [0, 0.05) is 24.1 Å². The number of Topliss-reactive ketones (excluding diaryl/α,β-unsaturated/α-hetero) is 2. The lowest BCUT2D eigenvalue weighted by atomic mass is 10.1. The minimum atomic E-state index is -0.133. The molecule has 0 radical (unpaired) electrons. The Bertz CT molecular complexity index is 477. The van der Waals surface area contributed by atoms with E-state index in [4.69, 9.17) is 0 Å². The highest BCUT2D eigenvalue weighted by Crippen LogP contribution is 2.05. The van der Waals surface area contributed by atoms with Crippen LogP contribution in [0.4, 0.5) is 0 Å². The number of hydrogen-bond donors (Lipinski definition) is 1. The molecule has 0 bridgehead atoms. The Kier molecular flexibility index (Phi) is 6.64. The highest BCUT2D eigenvalue weighted by Gasteiger charge is 2.05. The quantitative estimate of drug-likeness (QED) is 0.586. The van der Waals surface area contributed by atoms with Gasteiger partial charge in [-0.2, -0.15) is 0 Å². The smallest absolute Gasteiger partial charge is 0.251 e. The van der Waals surface area contributed by atoms with Gasteiger partial charge in [0.15, 0.2) is 5.78 Å². The molecule has 0 aliphatic heterocycles. The SMILES string of the molecule is CC(=O)CCCCCNC(=O)c1ccc(C(C)=O)cc1. The van der Waals surface area contributed by atoms with E-state index < -0.39 is 0 Å². The summed E-state index contributed by atoms with van der Waals surface area (Å²) in [6.07, 6.45) is 3.28. The third-order valence-corrected chi connectivity index (χ3v) is 3.04. The van der Waals surface area contributed by atoms with Gasteiger partial charge in [0.1, 0.15) is 5.78 Å². The second-order valence-corrected chi connectivity index (χ2v) is 4.90. The molecule has 0 saturated carbocycles. The Hall–Kier alpha value is -1.97. The summed E-state index contributed by atoms with van der Waals surface area (Å²) in [5.74, 6) is 0.0636. The molecule has 0 aliphatic carbocycles. The standard InChI is InChI=1S/C16H21NO3/c1-12(18)6-4-3-5-11-17-16(20)15-9-7-14(8-10-15)13(2)19/h7-10H,3-6,11H2,1-2H3,(H,17,20). The zero-order chi connectivity index (χ0) is 15.0. The van der Waals surface area contributed by atoms with E-state index in [-0.39, 0.29) is 17.5 Å². The topological polar surface area (TPSA) is 63.2 Å². The molecule has 1 rings (SSSR count). The normalized spacial score (nSPS) is 10.1. The molecule has 4 heteroatoms. The molecular formula is C16H21NO3. The zero-order valence-corrected chi connectivity index (χ0v) is 12.1. The third kappa shape index (κ3) is 5.78. The van der Waals surface area contributed by atoms with Crippen molar-refractivity contribution in [2.24, 2.45) is 0 Å². The summed E-state index contributed by atoms with van der Waals surface area (Å²) in [4.78, 5) is 33.7. The van der Waals surface area contributed by atoms with Crippen molar-refractivity contribution in [1.82, 2.24) is 5.32 Å². The van der Waals surface area contributed by atoms with Gasteiger partial charge in [-0.25, -0.2) is 0 Å². The number of rotatable bonds is 8. The first kappa shape index (κ1) is 16.1. The second kappa shape index (κ2) is 8.25. The van der Waals surface area contributed by atoms with E-state index >= 15 is 0 Å². The number of ketones is 2. The fraction of sp³-hybridized carbons (Fsp3) is 0.438. The number of carbonyl (C=O) groups excluding carboxylic acids is 3. The molecule has 108 valence electrons. The predicted octanol–water partition coefficient (Wildman–Crippen LogP) is 2.77. The summed E-state index contributed by atoms with van der Waals surface area (Å²) < 4.78 is 0. The average molecular weight is 275 g/mol. The third-order valence-electron chi connectivity index (χ3n) is 3.04. The van der Waals surface area contributed by atoms with Crippen LogP contribution in [0.2, 0.25) is 0 Å². The van der Waals surface area contributed by atoms with Gasteiger partial charge < -0.3 is 10.1 Å². The summed E-state index contributed by atoms with van der Waals surface area (Å²) in [5, 5.41) is 2.83. The predicted molar refractivity (Wildman–Crippen MR) is 77.9 cm³/mol. The number of carbonyl (C=O) groups is 3. The van der Waals surface area contributed by atoms with Crippen LogP contribution in [-0.4, -0.2) is 24.0 Å². The van der Waals surface area contributed by atoms with E-state index in [1.165, 1.54) is 6.92 Å². The van der Waals surface area contributed by atoms with Crippen LogP contribution in [0, 0.1) is 0 Å². The van der Waals surface area contributed by atoms with Gasteiger partial charge in [-0.15, -0.1) is 0 Å². The van der Waals surface area contributed by atoms with Crippen LogP contribution < -0.4 is 5.32 Å². The molecule has 0 saturated heterocycles. The monoisotopic (exact) mass is 275 g/mol. The summed E-state index contributed by atoms with van der Waals surface area (Å²) >= 11 is 0. The summed E-state index contributed by atoms with van der Waals surface area (Å²) in [5.41, 5.74) is 1.16. The second-order valence-electron chi connectivity index (χ2n) is 4.90. The van der Waals surface area contributed by atoms with E-state index in [9.17, 15) is 14.4 Å². The molecule has 0 atom stereocenters. The summed E-state index contributed by atoms with van der Waals surface area (Å²) in [6, 6.07) is 6.62. The molecule has 1 aromatic rings. The first-order chi connectivity index (χ1) is 9.50. The Morgan fingerprint density at radius 1 is 0.900 bits per heavy atom. The van der Waals surface area contributed by atoms with Crippen LogP contribution >= 0.6 is 0 Å². The lowest BCUT2D eigenvalue weighted by Crippen LogP contribution is -2.24. The van der Waals surface area contributed by atoms with Crippen molar-refractivity contribution in [2.45, 2.75) is 39.5 Å².